The maximum atomic E-state index is 13.7. The van der Waals surface area contributed by atoms with Gasteiger partial charge in [-0.1, -0.05) is 60.7 Å². The molecule has 10 nitrogen and oxygen atoms in total. The van der Waals surface area contributed by atoms with Crippen LogP contribution in [0.2, 0.25) is 0 Å². The van der Waals surface area contributed by atoms with Gasteiger partial charge >= 0.3 is 42.8 Å². The van der Waals surface area contributed by atoms with Crippen molar-refractivity contribution in [1.82, 2.24) is 15.5 Å². The van der Waals surface area contributed by atoms with Gasteiger partial charge in [-0.15, -0.1) is 0 Å². The topological polar surface area (TPSA) is 137 Å². The van der Waals surface area contributed by atoms with Gasteiger partial charge < -0.3 is 35.1 Å². The third-order valence-electron chi connectivity index (χ3n) is 6.48. The maximum Gasteiger partial charge on any atom is 1.00 e. The third kappa shape index (κ3) is 10.6. The molecule has 3 amide bonds. The molecule has 2 aromatic rings. The average molecular weight is 548 g/mol. The second-order valence-corrected chi connectivity index (χ2v) is 9.30. The van der Waals surface area contributed by atoms with Crippen molar-refractivity contribution in [3.05, 3.63) is 71.8 Å². The number of hydrogen-bond acceptors (Lipinski definition) is 7. The molecule has 1 heterocycles. The number of carbonyl (C=O) groups is 3. The maximum absolute atomic E-state index is 13.7. The van der Waals surface area contributed by atoms with Crippen LogP contribution in [0.1, 0.15) is 36.8 Å². The van der Waals surface area contributed by atoms with Crippen LogP contribution < -0.4 is 40.2 Å². The third-order valence-corrected chi connectivity index (χ3v) is 6.48. The molecule has 204 valence electrons. The zero-order valence-corrected chi connectivity index (χ0v) is 24.6. The van der Waals surface area contributed by atoms with Crippen molar-refractivity contribution in [2.24, 2.45) is 0 Å². The van der Waals surface area contributed by atoms with E-state index < -0.39 is 43.1 Å². The van der Waals surface area contributed by atoms with E-state index >= 15 is 0 Å². The summed E-state index contributed by atoms with van der Waals surface area (Å²) in [7, 11) is -0.198. The monoisotopic (exact) mass is 548 g/mol. The molecule has 2 aromatic carbocycles. The van der Waals surface area contributed by atoms with Crippen LogP contribution in [0.15, 0.2) is 60.7 Å². The Morgan fingerprint density at radius 3 is 2.28 bits per heavy atom. The Kier molecular flexibility index (Phi) is 14.6. The Morgan fingerprint density at radius 2 is 1.67 bits per heavy atom. The number of benzene rings is 2. The molecule has 0 radical (unpaired) electrons. The quantitative estimate of drug-likeness (QED) is 0.176. The van der Waals surface area contributed by atoms with Crippen molar-refractivity contribution in [1.29, 1.82) is 0 Å². The number of rotatable bonds is 13. The SMILES string of the molecule is COCCC[C@H](NC(=O)[C@@H]1CCCN1C(=O)[C@@H](Cc1ccccc1)NC(=O)OCc1ccccc1)B(O)O.[Na+]. The van der Waals surface area contributed by atoms with Crippen LogP contribution in [0, 0.1) is 0 Å². The number of methoxy groups -OCH3 is 1. The summed E-state index contributed by atoms with van der Waals surface area (Å²) >= 11 is 0. The molecule has 0 spiro atoms. The number of ether oxygens (including phenoxy) is 2. The number of nitrogens with one attached hydrogen (secondary N) is 2. The zero-order valence-electron chi connectivity index (χ0n) is 22.6. The van der Waals surface area contributed by atoms with E-state index in [1.807, 2.05) is 60.7 Å². The first-order valence-corrected chi connectivity index (χ1v) is 12.9. The van der Waals surface area contributed by atoms with Gasteiger partial charge in [0, 0.05) is 26.7 Å². The molecular weight excluding hydrogens is 512 g/mol. The van der Waals surface area contributed by atoms with Gasteiger partial charge in [-0.25, -0.2) is 4.79 Å². The number of carbonyl (C=O) groups excluding carboxylic acids is 3. The van der Waals surface area contributed by atoms with E-state index in [-0.39, 0.29) is 42.6 Å². The van der Waals surface area contributed by atoms with Crippen LogP contribution in [-0.2, 0) is 32.1 Å². The number of hydrogen-bond donors (Lipinski definition) is 4. The molecule has 3 atom stereocenters. The Labute approximate surface area is 251 Å². The van der Waals surface area contributed by atoms with Crippen LogP contribution in [0.4, 0.5) is 4.79 Å². The zero-order chi connectivity index (χ0) is 27.3. The van der Waals surface area contributed by atoms with Crippen molar-refractivity contribution in [2.75, 3.05) is 20.3 Å². The van der Waals surface area contributed by atoms with Gasteiger partial charge in [-0.05, 0) is 36.8 Å². The van der Waals surface area contributed by atoms with Gasteiger partial charge in [-0.2, -0.15) is 0 Å². The Hall–Kier alpha value is -2.41. The van der Waals surface area contributed by atoms with E-state index in [9.17, 15) is 24.4 Å². The van der Waals surface area contributed by atoms with E-state index in [0.29, 0.717) is 38.8 Å². The predicted octanol–water partition coefficient (Wildman–Crippen LogP) is -1.56. The molecule has 12 heteroatoms. The molecule has 0 unspecified atom stereocenters. The minimum absolute atomic E-state index is 0. The number of likely N-dealkylation sites (tertiary alicyclic amines) is 1. The second kappa shape index (κ2) is 17.3. The van der Waals surface area contributed by atoms with Crippen molar-refractivity contribution in [3.63, 3.8) is 0 Å². The van der Waals surface area contributed by atoms with Crippen molar-refractivity contribution < 1.29 is 63.5 Å². The molecule has 39 heavy (non-hydrogen) atoms. The van der Waals surface area contributed by atoms with Crippen molar-refractivity contribution >= 4 is 25.0 Å². The van der Waals surface area contributed by atoms with Gasteiger partial charge in [-0.3, -0.25) is 9.59 Å². The van der Waals surface area contributed by atoms with Gasteiger partial charge in [0.25, 0.3) is 0 Å². The average Bonchev–Trinajstić information content (AvgIpc) is 3.42. The Bertz CT molecular complexity index is 1030. The first-order valence-electron chi connectivity index (χ1n) is 12.9. The van der Waals surface area contributed by atoms with Gasteiger partial charge in [0.2, 0.25) is 11.8 Å². The summed E-state index contributed by atoms with van der Waals surface area (Å²) in [5, 5.41) is 24.8. The van der Waals surface area contributed by atoms with Gasteiger partial charge in [0.1, 0.15) is 18.7 Å². The molecule has 4 N–H and O–H groups in total. The molecule has 1 aliphatic rings. The summed E-state index contributed by atoms with van der Waals surface area (Å²) in [5.41, 5.74) is 1.66. The fourth-order valence-electron chi connectivity index (χ4n) is 4.48. The summed E-state index contributed by atoms with van der Waals surface area (Å²) < 4.78 is 10.3. The summed E-state index contributed by atoms with van der Waals surface area (Å²) in [6.07, 6.45) is 1.37. The standard InChI is InChI=1S/C27H36BN3O7.Na/c1-37-17-9-15-24(28(35)36)30-25(32)23-14-8-16-31(23)26(33)22(18-20-10-4-2-5-11-20)29-27(34)38-19-21-12-6-3-7-13-21;/h2-7,10-13,22-24,35-36H,8-9,14-19H2,1H3,(H,29,34)(H,30,32);/q;+1/t22-,23+,24+;/m1./s1. The van der Waals surface area contributed by atoms with Crippen LogP contribution in [0.3, 0.4) is 0 Å². The van der Waals surface area contributed by atoms with Crippen LogP contribution in [0.5, 0.6) is 0 Å². The van der Waals surface area contributed by atoms with E-state index in [4.69, 9.17) is 9.47 Å². The Morgan fingerprint density at radius 1 is 1.03 bits per heavy atom. The molecule has 0 saturated carbocycles. The summed E-state index contributed by atoms with van der Waals surface area (Å²) in [6, 6.07) is 16.8. The van der Waals surface area contributed by atoms with Crippen LogP contribution in [-0.4, -0.2) is 78.3 Å². The van der Waals surface area contributed by atoms with Crippen LogP contribution >= 0.6 is 0 Å². The van der Waals surface area contributed by atoms with E-state index in [1.54, 1.807) is 7.11 Å². The molecular formula is C27H36BN3NaO7+. The van der Waals surface area contributed by atoms with Gasteiger partial charge in [0.15, 0.2) is 0 Å². The number of alkyl carbamates (subject to hydrolysis) is 1. The second-order valence-electron chi connectivity index (χ2n) is 9.30. The van der Waals surface area contributed by atoms with Crippen molar-refractivity contribution in [2.45, 2.75) is 56.7 Å². The first-order chi connectivity index (χ1) is 18.4. The van der Waals surface area contributed by atoms with Crippen molar-refractivity contribution in [3.8, 4) is 0 Å². The molecule has 0 bridgehead atoms. The minimum atomic E-state index is -1.74. The summed E-state index contributed by atoms with van der Waals surface area (Å²) in [4.78, 5) is 40.9. The largest absolute Gasteiger partial charge is 1.00 e. The fraction of sp³-hybridized carbons (Fsp3) is 0.444. The smallest absolute Gasteiger partial charge is 0.445 e. The molecule has 3 rings (SSSR count). The van der Waals surface area contributed by atoms with Gasteiger partial charge in [0.05, 0.1) is 5.94 Å². The normalized spacial score (nSPS) is 16.0. The molecule has 1 saturated heterocycles. The molecule has 0 aliphatic carbocycles. The molecule has 1 aliphatic heterocycles. The van der Waals surface area contributed by atoms with E-state index in [1.165, 1.54) is 4.90 Å². The number of nitrogens with zero attached hydrogens (tertiary/aromatic N) is 1. The van der Waals surface area contributed by atoms with E-state index in [2.05, 4.69) is 10.6 Å². The first kappa shape index (κ1) is 32.8. The molecule has 0 aromatic heterocycles. The summed E-state index contributed by atoms with van der Waals surface area (Å²) in [5.74, 6) is -1.75. The van der Waals surface area contributed by atoms with Crippen LogP contribution in [0.25, 0.3) is 0 Å². The number of amides is 3. The Balaban J connectivity index is 0.00000533. The summed E-state index contributed by atoms with van der Waals surface area (Å²) in [6.45, 7) is 0.820. The predicted molar refractivity (Wildman–Crippen MR) is 142 cm³/mol. The molecule has 1 fully saturated rings. The van der Waals surface area contributed by atoms with E-state index in [0.717, 1.165) is 11.1 Å². The fourth-order valence-corrected chi connectivity index (χ4v) is 4.48. The minimum Gasteiger partial charge on any atom is -0.445 e.